The minimum absolute atomic E-state index is 0.0606. The van der Waals surface area contributed by atoms with Crippen LogP contribution < -0.4 is 4.72 Å². The molecule has 3 unspecified atom stereocenters. The number of rotatable bonds is 10. The Bertz CT molecular complexity index is 1460. The maximum atomic E-state index is 15.8. The van der Waals surface area contributed by atoms with Crippen molar-refractivity contribution in [2.45, 2.75) is 43.8 Å². The van der Waals surface area contributed by atoms with Gasteiger partial charge in [-0.25, -0.2) is 8.42 Å². The molecule has 2 aromatic carbocycles. The van der Waals surface area contributed by atoms with Crippen molar-refractivity contribution >= 4 is 34.0 Å². The molecule has 15 heteroatoms. The zero-order chi connectivity index (χ0) is 28.7. The minimum Gasteiger partial charge on any atom is -0.383 e. The number of aromatic nitrogens is 2. The van der Waals surface area contributed by atoms with Crippen LogP contribution in [0.25, 0.3) is 10.9 Å². The van der Waals surface area contributed by atoms with Gasteiger partial charge in [0.1, 0.15) is 5.54 Å². The maximum Gasteiger partial charge on any atom is 0.416 e. The number of aliphatic hydroxyl groups is 1. The summed E-state index contributed by atoms with van der Waals surface area (Å²) in [6, 6.07) is 7.49. The third-order valence-corrected chi connectivity index (χ3v) is 8.91. The molecule has 0 aliphatic heterocycles. The summed E-state index contributed by atoms with van der Waals surface area (Å²) >= 11 is 0. The van der Waals surface area contributed by atoms with E-state index in [9.17, 15) is 31.3 Å². The van der Waals surface area contributed by atoms with E-state index < -0.39 is 46.4 Å². The van der Waals surface area contributed by atoms with Crippen molar-refractivity contribution in [3.63, 3.8) is 0 Å². The lowest BCUT2D eigenvalue weighted by atomic mass is 9.81. The van der Waals surface area contributed by atoms with Crippen molar-refractivity contribution in [2.75, 3.05) is 24.2 Å². The van der Waals surface area contributed by atoms with Crippen LogP contribution in [0.3, 0.4) is 0 Å². The number of halogens is 5. The second-order valence-electron chi connectivity index (χ2n) is 8.78. The Morgan fingerprint density at radius 1 is 1.08 bits per heavy atom. The van der Waals surface area contributed by atoms with E-state index in [1.807, 2.05) is 0 Å². The number of nitrogens with one attached hydrogen (secondary N) is 1. The number of alkyl halides is 5. The molecule has 2 N–H and O–H groups in total. The fraction of sp³-hybridized carbons (Fsp3) is 0.435. The van der Waals surface area contributed by atoms with E-state index >= 15 is 8.78 Å². The SMILES string of the molecule is CCOP(C)(=O)C(F)(F)C(O)C(CC)(c1ccc(C(F)(F)F)cc1)n1ncc2c(NS(C)(=O)=O)cccc21. The van der Waals surface area contributed by atoms with Crippen LogP contribution in [0.4, 0.5) is 27.6 Å². The number of fused-ring (bicyclic) bond motifs is 1. The normalized spacial score (nSPS) is 17.1. The van der Waals surface area contributed by atoms with Crippen LogP contribution in [0.5, 0.6) is 0 Å². The summed E-state index contributed by atoms with van der Waals surface area (Å²) in [6.45, 7) is 3.08. The Morgan fingerprint density at radius 3 is 2.16 bits per heavy atom. The van der Waals surface area contributed by atoms with E-state index in [0.717, 1.165) is 23.1 Å². The Labute approximate surface area is 216 Å². The molecule has 0 spiro atoms. The third-order valence-electron chi connectivity index (χ3n) is 6.24. The Hall–Kier alpha value is -2.54. The largest absolute Gasteiger partial charge is 0.416 e. The first-order valence-corrected chi connectivity index (χ1v) is 15.3. The highest BCUT2D eigenvalue weighted by Crippen LogP contribution is 2.62. The average Bonchev–Trinajstić information content (AvgIpc) is 3.24. The lowest BCUT2D eigenvalue weighted by molar-refractivity contribution is -0.137. The number of anilines is 1. The van der Waals surface area contributed by atoms with Gasteiger partial charge in [0.15, 0.2) is 6.10 Å². The number of benzene rings is 2. The summed E-state index contributed by atoms with van der Waals surface area (Å²) in [4.78, 5) is 0. The van der Waals surface area contributed by atoms with Crippen LogP contribution in [-0.4, -0.2) is 54.6 Å². The van der Waals surface area contributed by atoms with Crippen LogP contribution in [0, 0.1) is 0 Å². The van der Waals surface area contributed by atoms with Crippen molar-refractivity contribution in [1.82, 2.24) is 9.78 Å². The van der Waals surface area contributed by atoms with Crippen LogP contribution in [0.15, 0.2) is 48.7 Å². The molecule has 38 heavy (non-hydrogen) atoms. The van der Waals surface area contributed by atoms with Crippen LogP contribution in [0.1, 0.15) is 31.4 Å². The monoisotopic (exact) mass is 583 g/mol. The summed E-state index contributed by atoms with van der Waals surface area (Å²) in [5.41, 5.74) is -7.72. The van der Waals surface area contributed by atoms with Gasteiger partial charge in [0.2, 0.25) is 10.0 Å². The van der Waals surface area contributed by atoms with Gasteiger partial charge in [0, 0.05) is 12.1 Å². The molecule has 3 rings (SSSR count). The molecule has 0 bridgehead atoms. The van der Waals surface area contributed by atoms with E-state index in [1.54, 1.807) is 0 Å². The molecule has 1 heterocycles. The lowest BCUT2D eigenvalue weighted by Crippen LogP contribution is -2.54. The molecular weight excluding hydrogens is 556 g/mol. The predicted molar refractivity (Wildman–Crippen MR) is 133 cm³/mol. The molecule has 1 aromatic heterocycles. The van der Waals surface area contributed by atoms with E-state index in [4.69, 9.17) is 4.52 Å². The van der Waals surface area contributed by atoms with E-state index in [0.29, 0.717) is 18.8 Å². The Kier molecular flexibility index (Phi) is 8.07. The molecule has 0 saturated carbocycles. The quantitative estimate of drug-likeness (QED) is 0.242. The third kappa shape index (κ3) is 5.31. The number of hydrogen-bond donors (Lipinski definition) is 2. The van der Waals surface area contributed by atoms with Crippen molar-refractivity contribution in [3.8, 4) is 0 Å². The van der Waals surface area contributed by atoms with Gasteiger partial charge in [-0.2, -0.15) is 27.1 Å². The van der Waals surface area contributed by atoms with Gasteiger partial charge < -0.3 is 9.63 Å². The first-order valence-electron chi connectivity index (χ1n) is 11.3. The highest BCUT2D eigenvalue weighted by Gasteiger charge is 2.62. The van der Waals surface area contributed by atoms with Crippen molar-refractivity contribution in [2.24, 2.45) is 0 Å². The molecule has 0 fully saturated rings. The summed E-state index contributed by atoms with van der Waals surface area (Å²) in [5, 5.41) is 15.7. The van der Waals surface area contributed by atoms with Crippen molar-refractivity contribution in [3.05, 3.63) is 59.8 Å². The van der Waals surface area contributed by atoms with E-state index in [-0.39, 0.29) is 35.2 Å². The second kappa shape index (κ2) is 10.2. The van der Waals surface area contributed by atoms with E-state index in [2.05, 4.69) is 9.82 Å². The number of nitrogens with zero attached hydrogens (tertiary/aromatic N) is 2. The van der Waals surface area contributed by atoms with Crippen LogP contribution in [0.2, 0.25) is 0 Å². The average molecular weight is 584 g/mol. The van der Waals surface area contributed by atoms with Crippen molar-refractivity contribution < 1.29 is 44.6 Å². The molecule has 0 amide bonds. The van der Waals surface area contributed by atoms with E-state index in [1.165, 1.54) is 38.2 Å². The number of aliphatic hydroxyl groups excluding tert-OH is 1. The molecule has 3 aromatic rings. The van der Waals surface area contributed by atoms with Gasteiger partial charge in [0.25, 0.3) is 7.37 Å². The van der Waals surface area contributed by atoms with Gasteiger partial charge in [-0.1, -0.05) is 25.1 Å². The molecule has 0 radical (unpaired) electrons. The first kappa shape index (κ1) is 30.0. The topological polar surface area (TPSA) is 111 Å². The molecule has 8 nitrogen and oxygen atoms in total. The second-order valence-corrected chi connectivity index (χ2v) is 13.1. The number of hydrogen-bond acceptors (Lipinski definition) is 6. The highest BCUT2D eigenvalue weighted by molar-refractivity contribution is 7.92. The van der Waals surface area contributed by atoms with Crippen LogP contribution >= 0.6 is 7.37 Å². The molecule has 0 saturated heterocycles. The van der Waals surface area contributed by atoms with Crippen LogP contribution in [-0.2, 0) is 30.8 Å². The fourth-order valence-corrected chi connectivity index (χ4v) is 6.29. The lowest BCUT2D eigenvalue weighted by Gasteiger charge is -2.43. The van der Waals surface area contributed by atoms with Gasteiger partial charge in [-0.3, -0.25) is 14.0 Å². The summed E-state index contributed by atoms with van der Waals surface area (Å²) in [7, 11) is -8.57. The summed E-state index contributed by atoms with van der Waals surface area (Å²) < 4.78 is 116. The predicted octanol–water partition coefficient (Wildman–Crippen LogP) is 5.48. The van der Waals surface area contributed by atoms with Gasteiger partial charge in [0.05, 0.1) is 35.8 Å². The standard InChI is InChI=1S/C23H27F5N3O5PS/c1-5-21(15-10-12-16(13-11-15)22(24,25)26,20(32)23(27,28)37(3,33)36-6-2)31-19-9-7-8-18(17(19)14-29-31)30-38(4,34)35/h7-14,20,30,32H,5-6H2,1-4H3. The number of sulfonamides is 1. The molecular formula is C23H27F5N3O5PS. The molecule has 3 atom stereocenters. The summed E-state index contributed by atoms with van der Waals surface area (Å²) in [5.74, 6) is 0. The Balaban J connectivity index is 2.37. The highest BCUT2D eigenvalue weighted by atomic mass is 32.2. The molecule has 0 aliphatic rings. The smallest absolute Gasteiger partial charge is 0.383 e. The first-order chi connectivity index (χ1) is 17.4. The maximum absolute atomic E-state index is 15.8. The van der Waals surface area contributed by atoms with Gasteiger partial charge >= 0.3 is 11.8 Å². The van der Waals surface area contributed by atoms with Gasteiger partial charge in [-0.15, -0.1) is 0 Å². The minimum atomic E-state index is -4.81. The molecule has 0 aliphatic carbocycles. The zero-order valence-corrected chi connectivity index (χ0v) is 22.5. The zero-order valence-electron chi connectivity index (χ0n) is 20.8. The Morgan fingerprint density at radius 2 is 1.66 bits per heavy atom. The summed E-state index contributed by atoms with van der Waals surface area (Å²) in [6.07, 6.45) is -5.77. The fourth-order valence-electron chi connectivity index (χ4n) is 4.39. The van der Waals surface area contributed by atoms with Crippen molar-refractivity contribution in [1.29, 1.82) is 0 Å². The molecule has 210 valence electrons. The van der Waals surface area contributed by atoms with Gasteiger partial charge in [-0.05, 0) is 43.2 Å².